The molecule has 0 spiro atoms. The zero-order chi connectivity index (χ0) is 21.9. The molecule has 28 heavy (non-hydrogen) atoms. The molecule has 0 aliphatic carbocycles. The van der Waals surface area contributed by atoms with Gasteiger partial charge in [-0.3, -0.25) is 0 Å². The highest BCUT2D eigenvalue weighted by atomic mass is 19.1. The molecule has 0 unspecified atom stereocenters. The van der Waals surface area contributed by atoms with Crippen molar-refractivity contribution in [3.63, 3.8) is 0 Å². The van der Waals surface area contributed by atoms with Gasteiger partial charge in [0.25, 0.3) is 0 Å². The van der Waals surface area contributed by atoms with Crippen molar-refractivity contribution in [2.24, 2.45) is 0 Å². The summed E-state index contributed by atoms with van der Waals surface area (Å²) in [5, 5.41) is 0. The van der Waals surface area contributed by atoms with Gasteiger partial charge in [-0.05, 0) is 120 Å². The zero-order valence-electron chi connectivity index (χ0n) is 20.4. The molecule has 0 saturated heterocycles. The van der Waals surface area contributed by atoms with Gasteiger partial charge in [0.05, 0.1) is 0 Å². The SMILES string of the molecule is Cc1c(C)c(C(C)(C)C)c(C)c(C)c1-c1c(C)c(C)c(C(C)(C)C)c(F)c1C. The van der Waals surface area contributed by atoms with E-state index in [2.05, 4.69) is 83.1 Å². The lowest BCUT2D eigenvalue weighted by Crippen LogP contribution is -2.20. The third kappa shape index (κ3) is 3.42. The van der Waals surface area contributed by atoms with Crippen LogP contribution in [0.1, 0.15) is 91.6 Å². The van der Waals surface area contributed by atoms with E-state index in [1.165, 1.54) is 38.9 Å². The van der Waals surface area contributed by atoms with Crippen molar-refractivity contribution in [3.8, 4) is 11.1 Å². The van der Waals surface area contributed by atoms with Gasteiger partial charge in [-0.1, -0.05) is 41.5 Å². The maximum absolute atomic E-state index is 15.6. The highest BCUT2D eigenvalue weighted by Gasteiger charge is 2.29. The van der Waals surface area contributed by atoms with Crippen molar-refractivity contribution in [1.29, 1.82) is 0 Å². The number of benzene rings is 2. The number of halogens is 1. The molecule has 2 rings (SSSR count). The monoisotopic (exact) mass is 382 g/mol. The molecular weight excluding hydrogens is 343 g/mol. The van der Waals surface area contributed by atoms with Crippen LogP contribution in [0.15, 0.2) is 0 Å². The van der Waals surface area contributed by atoms with Crippen molar-refractivity contribution in [2.45, 2.75) is 101 Å². The van der Waals surface area contributed by atoms with Crippen LogP contribution in [-0.2, 0) is 10.8 Å². The van der Waals surface area contributed by atoms with Crippen molar-refractivity contribution in [3.05, 3.63) is 55.9 Å². The highest BCUT2D eigenvalue weighted by Crippen LogP contribution is 2.44. The Morgan fingerprint density at radius 3 is 1.04 bits per heavy atom. The van der Waals surface area contributed by atoms with E-state index in [0.29, 0.717) is 0 Å². The van der Waals surface area contributed by atoms with E-state index in [9.17, 15) is 0 Å². The largest absolute Gasteiger partial charge is 0.206 e. The number of hydrogen-bond acceptors (Lipinski definition) is 0. The summed E-state index contributed by atoms with van der Waals surface area (Å²) in [5.41, 5.74) is 12.8. The Bertz CT molecular complexity index is 807. The Hall–Kier alpha value is -1.63. The standard InChI is InChI=1S/C27H39F/c1-14-17(4)23(26(8,9)10)18(5)15(2)21(14)22-16(3)19(6)24(27(11,12)13)25(28)20(22)7/h1-13H3. The first-order chi connectivity index (χ1) is 12.5. The van der Waals surface area contributed by atoms with Crippen LogP contribution in [0.4, 0.5) is 4.39 Å². The Morgan fingerprint density at radius 2 is 0.714 bits per heavy atom. The molecule has 0 heterocycles. The quantitative estimate of drug-likeness (QED) is 0.466. The van der Waals surface area contributed by atoms with E-state index >= 15 is 4.39 Å². The van der Waals surface area contributed by atoms with Gasteiger partial charge in [0.1, 0.15) is 5.82 Å². The molecule has 2 aromatic rings. The molecule has 0 N–H and O–H groups in total. The molecule has 0 saturated carbocycles. The topological polar surface area (TPSA) is 0 Å². The third-order valence-corrected chi connectivity index (χ3v) is 6.61. The smallest absolute Gasteiger partial charge is 0.130 e. The Kier molecular flexibility index (Phi) is 5.67. The van der Waals surface area contributed by atoms with Crippen LogP contribution in [-0.4, -0.2) is 0 Å². The third-order valence-electron chi connectivity index (χ3n) is 6.61. The maximum atomic E-state index is 15.6. The van der Waals surface area contributed by atoms with Gasteiger partial charge in [0.2, 0.25) is 0 Å². The summed E-state index contributed by atoms with van der Waals surface area (Å²) in [6, 6.07) is 0. The summed E-state index contributed by atoms with van der Waals surface area (Å²) in [7, 11) is 0. The van der Waals surface area contributed by atoms with E-state index in [1.54, 1.807) is 0 Å². The minimum absolute atomic E-state index is 0.0420. The minimum atomic E-state index is -0.214. The molecule has 0 aliphatic rings. The van der Waals surface area contributed by atoms with Crippen LogP contribution in [0.2, 0.25) is 0 Å². The van der Waals surface area contributed by atoms with Gasteiger partial charge in [0, 0.05) is 0 Å². The van der Waals surface area contributed by atoms with Crippen LogP contribution in [0.25, 0.3) is 11.1 Å². The summed E-state index contributed by atoms with van der Waals surface area (Å²) < 4.78 is 15.6. The lowest BCUT2D eigenvalue weighted by Gasteiger charge is -2.31. The summed E-state index contributed by atoms with van der Waals surface area (Å²) in [4.78, 5) is 0. The van der Waals surface area contributed by atoms with Crippen LogP contribution in [0.3, 0.4) is 0 Å². The number of hydrogen-bond donors (Lipinski definition) is 0. The van der Waals surface area contributed by atoms with E-state index < -0.39 is 0 Å². The van der Waals surface area contributed by atoms with Gasteiger partial charge in [-0.15, -0.1) is 0 Å². The molecule has 0 aromatic heterocycles. The zero-order valence-corrected chi connectivity index (χ0v) is 20.4. The molecule has 0 aliphatic heterocycles. The first-order valence-electron chi connectivity index (χ1n) is 10.4. The van der Waals surface area contributed by atoms with Crippen LogP contribution in [0.5, 0.6) is 0 Å². The molecular formula is C27H39F. The first kappa shape index (κ1) is 22.7. The fourth-order valence-corrected chi connectivity index (χ4v) is 5.20. The molecule has 0 nitrogen and oxygen atoms in total. The summed E-state index contributed by atoms with van der Waals surface area (Å²) in [6.07, 6.45) is 0. The predicted molar refractivity (Wildman–Crippen MR) is 122 cm³/mol. The normalized spacial score (nSPS) is 12.6. The van der Waals surface area contributed by atoms with Gasteiger partial charge in [-0.2, -0.15) is 0 Å². The van der Waals surface area contributed by atoms with E-state index in [0.717, 1.165) is 22.3 Å². The lowest BCUT2D eigenvalue weighted by molar-refractivity contribution is 0.514. The molecule has 0 radical (unpaired) electrons. The second-order valence-electron chi connectivity index (χ2n) is 10.7. The van der Waals surface area contributed by atoms with Crippen molar-refractivity contribution < 1.29 is 4.39 Å². The van der Waals surface area contributed by atoms with Crippen molar-refractivity contribution >= 4 is 0 Å². The van der Waals surface area contributed by atoms with E-state index in [4.69, 9.17) is 0 Å². The molecule has 154 valence electrons. The molecule has 0 amide bonds. The van der Waals surface area contributed by atoms with Crippen LogP contribution < -0.4 is 0 Å². The molecule has 0 bridgehead atoms. The van der Waals surface area contributed by atoms with Crippen molar-refractivity contribution in [1.82, 2.24) is 0 Å². The van der Waals surface area contributed by atoms with E-state index in [-0.39, 0.29) is 16.6 Å². The van der Waals surface area contributed by atoms with Gasteiger partial charge >= 0.3 is 0 Å². The Balaban J connectivity index is 3.04. The highest BCUT2D eigenvalue weighted by molar-refractivity contribution is 5.81. The first-order valence-corrected chi connectivity index (χ1v) is 10.4. The van der Waals surface area contributed by atoms with Gasteiger partial charge < -0.3 is 0 Å². The van der Waals surface area contributed by atoms with E-state index in [1.807, 2.05) is 6.92 Å². The average molecular weight is 383 g/mol. The molecule has 0 atom stereocenters. The summed E-state index contributed by atoms with van der Waals surface area (Å²) >= 11 is 0. The average Bonchev–Trinajstić information content (AvgIpc) is 2.52. The second kappa shape index (κ2) is 7.01. The number of rotatable bonds is 1. The predicted octanol–water partition coefficient (Wildman–Crippen LogP) is 8.25. The lowest BCUT2D eigenvalue weighted by atomic mass is 9.73. The van der Waals surface area contributed by atoms with Crippen LogP contribution >= 0.6 is 0 Å². The van der Waals surface area contributed by atoms with Crippen molar-refractivity contribution in [2.75, 3.05) is 0 Å². The summed E-state index contributed by atoms with van der Waals surface area (Å²) in [6.45, 7) is 28.2. The van der Waals surface area contributed by atoms with Gasteiger partial charge in [-0.25, -0.2) is 4.39 Å². The second-order valence-corrected chi connectivity index (χ2v) is 10.7. The Labute approximate surface area is 172 Å². The van der Waals surface area contributed by atoms with Gasteiger partial charge in [0.15, 0.2) is 0 Å². The molecule has 1 heteroatoms. The minimum Gasteiger partial charge on any atom is -0.206 e. The fraction of sp³-hybridized carbons (Fsp3) is 0.556. The van der Waals surface area contributed by atoms with Crippen LogP contribution in [0, 0.1) is 54.3 Å². The summed E-state index contributed by atoms with van der Waals surface area (Å²) in [5.74, 6) is -0.0420. The Morgan fingerprint density at radius 1 is 0.429 bits per heavy atom. The molecule has 0 fully saturated rings. The maximum Gasteiger partial charge on any atom is 0.130 e. The molecule has 2 aromatic carbocycles. The fourth-order valence-electron chi connectivity index (χ4n) is 5.20.